The van der Waals surface area contributed by atoms with Crippen molar-refractivity contribution in [1.29, 1.82) is 0 Å². The maximum Gasteiger partial charge on any atom is 0.255 e. The van der Waals surface area contributed by atoms with Crippen molar-refractivity contribution in [3.8, 4) is 0 Å². The van der Waals surface area contributed by atoms with Crippen LogP contribution >= 0.6 is 0 Å². The Labute approximate surface area is 116 Å². The number of primary sulfonamides is 1. The Balaban J connectivity index is 2.10. The number of furan rings is 1. The summed E-state index contributed by atoms with van der Waals surface area (Å²) < 4.78 is 27.1. The highest BCUT2D eigenvalue weighted by molar-refractivity contribution is 7.89. The second-order valence-corrected chi connectivity index (χ2v) is 5.88. The number of hydrogen-bond donors (Lipinski definition) is 2. The minimum atomic E-state index is -3.70. The third-order valence-electron chi connectivity index (χ3n) is 2.84. The van der Waals surface area contributed by atoms with E-state index >= 15 is 0 Å². The average Bonchev–Trinajstić information content (AvgIpc) is 2.91. The van der Waals surface area contributed by atoms with Gasteiger partial charge in [-0.15, -0.1) is 0 Å². The fourth-order valence-corrected chi connectivity index (χ4v) is 2.22. The Kier molecular flexibility index (Phi) is 3.91. The summed E-state index contributed by atoms with van der Waals surface area (Å²) in [6, 6.07) is 7.33. The fourth-order valence-electron chi connectivity index (χ4n) is 1.70. The molecule has 0 spiro atoms. The Bertz CT molecular complexity index is 690. The van der Waals surface area contributed by atoms with Crippen molar-refractivity contribution in [2.45, 2.75) is 17.9 Å². The molecule has 0 aliphatic carbocycles. The molecule has 0 aliphatic rings. The number of nitrogens with two attached hydrogens (primary N) is 1. The second kappa shape index (κ2) is 5.48. The van der Waals surface area contributed by atoms with Crippen LogP contribution in [0.1, 0.15) is 28.9 Å². The highest BCUT2D eigenvalue weighted by atomic mass is 32.2. The molecule has 0 unspecified atom stereocenters. The van der Waals surface area contributed by atoms with Crippen LogP contribution in [0.3, 0.4) is 0 Å². The molecule has 1 atom stereocenters. The lowest BCUT2D eigenvalue weighted by molar-refractivity contribution is 0.0939. The van der Waals surface area contributed by atoms with E-state index in [9.17, 15) is 13.2 Å². The zero-order valence-corrected chi connectivity index (χ0v) is 11.6. The molecular weight excluding hydrogens is 280 g/mol. The van der Waals surface area contributed by atoms with Crippen LogP contribution in [-0.4, -0.2) is 14.3 Å². The van der Waals surface area contributed by atoms with Crippen molar-refractivity contribution in [2.75, 3.05) is 0 Å². The quantitative estimate of drug-likeness (QED) is 0.890. The molecule has 1 amide bonds. The lowest BCUT2D eigenvalue weighted by Gasteiger charge is -2.14. The summed E-state index contributed by atoms with van der Waals surface area (Å²) in [6.07, 6.45) is 2.77. The van der Waals surface area contributed by atoms with Gasteiger partial charge in [-0.05, 0) is 30.7 Å². The summed E-state index contributed by atoms with van der Waals surface area (Å²) in [5.41, 5.74) is 1.20. The fraction of sp³-hybridized carbons (Fsp3) is 0.154. The number of hydrogen-bond acceptors (Lipinski definition) is 4. The van der Waals surface area contributed by atoms with E-state index in [2.05, 4.69) is 5.32 Å². The number of sulfonamides is 1. The van der Waals surface area contributed by atoms with Gasteiger partial charge in [0.1, 0.15) is 6.26 Å². The monoisotopic (exact) mass is 294 g/mol. The lowest BCUT2D eigenvalue weighted by Crippen LogP contribution is -2.26. The summed E-state index contributed by atoms with van der Waals surface area (Å²) in [5, 5.41) is 7.80. The molecule has 0 radical (unpaired) electrons. The average molecular weight is 294 g/mol. The number of rotatable bonds is 4. The zero-order chi connectivity index (χ0) is 14.8. The largest absolute Gasteiger partial charge is 0.472 e. The van der Waals surface area contributed by atoms with Crippen LogP contribution in [0.15, 0.2) is 52.2 Å². The summed E-state index contributed by atoms with van der Waals surface area (Å²) in [4.78, 5) is 11.9. The molecule has 0 bridgehead atoms. The van der Waals surface area contributed by atoms with Gasteiger partial charge in [0, 0.05) is 0 Å². The molecular formula is C13H14N2O4S. The molecule has 6 nitrogen and oxygen atoms in total. The normalized spacial score (nSPS) is 12.9. The third-order valence-corrected chi connectivity index (χ3v) is 3.77. The number of nitrogens with one attached hydrogen (secondary N) is 1. The summed E-state index contributed by atoms with van der Waals surface area (Å²) in [6.45, 7) is 1.80. The molecule has 2 rings (SSSR count). The zero-order valence-electron chi connectivity index (χ0n) is 10.7. The van der Waals surface area contributed by atoms with Crippen molar-refractivity contribution >= 4 is 15.9 Å². The van der Waals surface area contributed by atoms with Crippen molar-refractivity contribution < 1.29 is 17.6 Å². The molecule has 1 aromatic carbocycles. The van der Waals surface area contributed by atoms with Gasteiger partial charge in [-0.2, -0.15) is 0 Å². The van der Waals surface area contributed by atoms with E-state index in [1.54, 1.807) is 25.1 Å². The van der Waals surface area contributed by atoms with Crippen molar-refractivity contribution in [3.63, 3.8) is 0 Å². The van der Waals surface area contributed by atoms with Gasteiger partial charge in [-0.25, -0.2) is 13.6 Å². The van der Waals surface area contributed by atoms with Gasteiger partial charge in [-0.3, -0.25) is 4.79 Å². The van der Waals surface area contributed by atoms with E-state index in [1.165, 1.54) is 24.7 Å². The molecule has 7 heteroatoms. The first-order valence-corrected chi connectivity index (χ1v) is 7.38. The number of amides is 1. The van der Waals surface area contributed by atoms with Gasteiger partial charge in [0.2, 0.25) is 10.0 Å². The van der Waals surface area contributed by atoms with E-state index in [0.717, 1.165) is 5.56 Å². The van der Waals surface area contributed by atoms with Crippen molar-refractivity contribution in [3.05, 3.63) is 54.0 Å². The van der Waals surface area contributed by atoms with Gasteiger partial charge in [-0.1, -0.05) is 12.1 Å². The van der Waals surface area contributed by atoms with Gasteiger partial charge in [0.05, 0.1) is 22.8 Å². The van der Waals surface area contributed by atoms with Crippen LogP contribution in [-0.2, 0) is 10.0 Å². The maximum atomic E-state index is 11.8. The Morgan fingerprint density at radius 2 is 1.90 bits per heavy atom. The van der Waals surface area contributed by atoms with Gasteiger partial charge < -0.3 is 9.73 Å². The molecule has 0 saturated carbocycles. The standard InChI is InChI=1S/C13H14N2O4S/c1-9(15-13(16)11-6-7-19-8-11)10-2-4-12(5-3-10)20(14,17)18/h2-9H,1H3,(H,15,16)(H2,14,17,18)/t9-/m1/s1. The molecule has 0 aliphatic heterocycles. The van der Waals surface area contributed by atoms with Gasteiger partial charge in [0.25, 0.3) is 5.91 Å². The van der Waals surface area contributed by atoms with Crippen LogP contribution in [0, 0.1) is 0 Å². The van der Waals surface area contributed by atoms with E-state index < -0.39 is 10.0 Å². The summed E-state index contributed by atoms with van der Waals surface area (Å²) in [7, 11) is -3.70. The molecule has 3 N–H and O–H groups in total. The first-order chi connectivity index (χ1) is 9.38. The Morgan fingerprint density at radius 1 is 1.25 bits per heavy atom. The second-order valence-electron chi connectivity index (χ2n) is 4.32. The van der Waals surface area contributed by atoms with Crippen LogP contribution in [0.4, 0.5) is 0 Å². The van der Waals surface area contributed by atoms with Gasteiger partial charge in [0.15, 0.2) is 0 Å². The predicted octanol–water partition coefficient (Wildman–Crippen LogP) is 1.42. The first kappa shape index (κ1) is 14.3. The molecule has 0 fully saturated rings. The number of carbonyl (C=O) groups is 1. The molecule has 1 heterocycles. The predicted molar refractivity (Wildman–Crippen MR) is 72.4 cm³/mol. The SMILES string of the molecule is C[C@@H](NC(=O)c1ccoc1)c1ccc(S(N)(=O)=O)cc1. The smallest absolute Gasteiger partial charge is 0.255 e. The number of benzene rings is 1. The minimum Gasteiger partial charge on any atom is -0.472 e. The highest BCUT2D eigenvalue weighted by Gasteiger charge is 2.13. The van der Waals surface area contributed by atoms with Crippen LogP contribution in [0.2, 0.25) is 0 Å². The molecule has 20 heavy (non-hydrogen) atoms. The van der Waals surface area contributed by atoms with Crippen LogP contribution < -0.4 is 10.5 Å². The summed E-state index contributed by atoms with van der Waals surface area (Å²) in [5.74, 6) is -0.262. The molecule has 106 valence electrons. The van der Waals surface area contributed by atoms with Gasteiger partial charge >= 0.3 is 0 Å². The highest BCUT2D eigenvalue weighted by Crippen LogP contribution is 2.16. The van der Waals surface area contributed by atoms with E-state index in [0.29, 0.717) is 5.56 Å². The van der Waals surface area contributed by atoms with E-state index in [1.807, 2.05) is 0 Å². The molecule has 0 saturated heterocycles. The van der Waals surface area contributed by atoms with Crippen molar-refractivity contribution in [2.24, 2.45) is 5.14 Å². The molecule has 2 aromatic rings. The van der Waals surface area contributed by atoms with E-state index in [-0.39, 0.29) is 16.8 Å². The Hall–Kier alpha value is -2.12. The van der Waals surface area contributed by atoms with Crippen LogP contribution in [0.25, 0.3) is 0 Å². The third kappa shape index (κ3) is 3.25. The minimum absolute atomic E-state index is 0.0367. The number of carbonyl (C=O) groups excluding carboxylic acids is 1. The maximum absolute atomic E-state index is 11.8. The van der Waals surface area contributed by atoms with Crippen LogP contribution in [0.5, 0.6) is 0 Å². The first-order valence-electron chi connectivity index (χ1n) is 5.84. The summed E-state index contributed by atoms with van der Waals surface area (Å²) >= 11 is 0. The van der Waals surface area contributed by atoms with E-state index in [4.69, 9.17) is 9.56 Å². The Morgan fingerprint density at radius 3 is 2.40 bits per heavy atom. The molecule has 1 aromatic heterocycles. The topological polar surface area (TPSA) is 102 Å². The lowest BCUT2D eigenvalue weighted by atomic mass is 10.1. The van der Waals surface area contributed by atoms with Crippen molar-refractivity contribution in [1.82, 2.24) is 5.32 Å².